The molecule has 0 aliphatic heterocycles. The van der Waals surface area contributed by atoms with Crippen molar-refractivity contribution < 1.29 is 54.1 Å². The molecule has 0 nitrogen and oxygen atoms in total. The fourth-order valence-electron chi connectivity index (χ4n) is 0.435. The minimum atomic E-state index is -4.84. The fraction of sp³-hybridized carbons (Fsp3) is 0.733. The Morgan fingerprint density at radius 1 is 0.724 bits per heavy atom. The number of hydrogen-bond donors (Lipinski definition) is 0. The summed E-state index contributed by atoms with van der Waals surface area (Å²) in [5.41, 5.74) is -6.28. The van der Waals surface area contributed by atoms with E-state index in [-0.39, 0.29) is 11.9 Å². The molecular weight excluding hydrogens is 662 g/mol. The molecule has 0 aromatic carbocycles. The lowest BCUT2D eigenvalue weighted by molar-refractivity contribution is -0.223. The van der Waals surface area contributed by atoms with Crippen molar-refractivity contribution in [2.24, 2.45) is 0 Å². The van der Waals surface area contributed by atoms with Crippen LogP contribution >= 0.6 is 45.2 Å². The zero-order valence-corrected chi connectivity index (χ0v) is 19.7. The first-order valence-electron chi connectivity index (χ1n) is 7.02. The van der Waals surface area contributed by atoms with E-state index in [0.29, 0.717) is 43.4 Å². The predicted octanol–water partition coefficient (Wildman–Crippen LogP) is 9.28. The Morgan fingerprint density at radius 2 is 1.00 bits per heavy atom. The van der Waals surface area contributed by atoms with Crippen molar-refractivity contribution >= 4 is 45.2 Å². The first-order chi connectivity index (χ1) is 12.4. The number of hydrogen-bond acceptors (Lipinski definition) is 0. The smallest absolute Gasteiger partial charge is 0.234 e. The van der Waals surface area contributed by atoms with E-state index in [2.05, 4.69) is 19.7 Å². The average Bonchev–Trinajstić information content (AvgIpc) is 2.46. The van der Waals surface area contributed by atoms with Crippen LogP contribution in [0.4, 0.5) is 52.7 Å². The van der Waals surface area contributed by atoms with Gasteiger partial charge in [-0.15, -0.1) is 13.2 Å². The first kappa shape index (κ1) is 36.5. The molecule has 0 amide bonds. The van der Waals surface area contributed by atoms with Crippen LogP contribution in [0, 0.1) is 0 Å². The average molecular weight is 685 g/mol. The zero-order valence-electron chi connectivity index (χ0n) is 15.4. The van der Waals surface area contributed by atoms with Crippen LogP contribution in [0.2, 0.25) is 0 Å². The highest BCUT2D eigenvalue weighted by atomic mass is 127. The summed E-state index contributed by atoms with van der Waals surface area (Å²) in [6.45, 7) is 10.1. The molecule has 0 aliphatic carbocycles. The van der Waals surface area contributed by atoms with E-state index in [1.165, 1.54) is 0 Å². The summed E-state index contributed by atoms with van der Waals surface area (Å²) in [4.78, 5) is 0. The molecule has 0 fully saturated rings. The van der Waals surface area contributed by atoms with Gasteiger partial charge in [-0.25, -0.2) is 13.2 Å². The molecular formula is C15H22F12I2. The zero-order chi connectivity index (χ0) is 25.1. The van der Waals surface area contributed by atoms with E-state index < -0.39 is 40.0 Å². The van der Waals surface area contributed by atoms with Gasteiger partial charge < -0.3 is 0 Å². The molecule has 0 saturated heterocycles. The van der Waals surface area contributed by atoms with E-state index in [4.69, 9.17) is 0 Å². The number of halogens is 14. The van der Waals surface area contributed by atoms with Crippen LogP contribution in [0.15, 0.2) is 25.8 Å². The topological polar surface area (TPSA) is 0 Å². The second-order valence-electron chi connectivity index (χ2n) is 5.30. The molecule has 0 rings (SSSR count). The Kier molecular flexibility index (Phi) is 17.0. The molecule has 0 saturated carbocycles. The highest BCUT2D eigenvalue weighted by molar-refractivity contribution is 14.1. The molecule has 0 radical (unpaired) electrons. The van der Waals surface area contributed by atoms with Crippen molar-refractivity contribution in [2.75, 3.05) is 4.43 Å². The summed E-state index contributed by atoms with van der Waals surface area (Å²) in [6.07, 6.45) is -14.6. The lowest BCUT2D eigenvalue weighted by atomic mass is 10.1. The van der Waals surface area contributed by atoms with Crippen LogP contribution in [0.25, 0.3) is 0 Å². The van der Waals surface area contributed by atoms with Gasteiger partial charge in [0.05, 0.1) is 0 Å². The fourth-order valence-corrected chi connectivity index (χ4v) is 1.45. The van der Waals surface area contributed by atoms with Crippen molar-refractivity contribution in [3.8, 4) is 0 Å². The van der Waals surface area contributed by atoms with Gasteiger partial charge in [0.2, 0.25) is 11.3 Å². The number of allylic oxidation sites excluding steroid dienone is 1. The Labute approximate surface area is 189 Å². The molecule has 3 unspecified atom stereocenters. The van der Waals surface area contributed by atoms with Crippen molar-refractivity contribution in [2.45, 2.75) is 60.7 Å². The third-order valence-corrected chi connectivity index (χ3v) is 3.74. The number of rotatable bonds is 3. The molecule has 0 aliphatic rings. The van der Waals surface area contributed by atoms with E-state index in [1.54, 1.807) is 22.6 Å². The van der Waals surface area contributed by atoms with E-state index in [1.807, 2.05) is 0 Å². The molecule has 0 spiro atoms. The Bertz CT molecular complexity index is 436. The van der Waals surface area contributed by atoms with Crippen molar-refractivity contribution in [1.29, 1.82) is 0 Å². The quantitative estimate of drug-likeness (QED) is 0.120. The highest BCUT2D eigenvalue weighted by Crippen LogP contribution is 2.39. The monoisotopic (exact) mass is 685 g/mol. The Balaban J connectivity index is -0.0000000987. The Morgan fingerprint density at radius 3 is 1.03 bits per heavy atom. The first-order valence-corrected chi connectivity index (χ1v) is 9.63. The summed E-state index contributed by atoms with van der Waals surface area (Å²) < 4.78 is 136. The third-order valence-electron chi connectivity index (χ3n) is 2.59. The van der Waals surface area contributed by atoms with Gasteiger partial charge in [-0.3, -0.25) is 0 Å². The minimum Gasteiger partial charge on any atom is -0.234 e. The van der Waals surface area contributed by atoms with Gasteiger partial charge >= 0.3 is 18.5 Å². The Hall–Kier alpha value is 0.1000. The van der Waals surface area contributed by atoms with Crippen LogP contribution in [-0.2, 0) is 0 Å². The van der Waals surface area contributed by atoms with Crippen LogP contribution in [0.5, 0.6) is 0 Å². The molecule has 29 heavy (non-hydrogen) atoms. The maximum absolute atomic E-state index is 12.5. The highest BCUT2D eigenvalue weighted by Gasteiger charge is 2.51. The number of alkyl halides is 14. The predicted molar refractivity (Wildman–Crippen MR) is 108 cm³/mol. The van der Waals surface area contributed by atoms with Crippen molar-refractivity contribution in [1.82, 2.24) is 0 Å². The van der Waals surface area contributed by atoms with Crippen molar-refractivity contribution in [3.63, 3.8) is 0 Å². The minimum absolute atomic E-state index is 0. The van der Waals surface area contributed by atoms with E-state index in [0.717, 1.165) is 0 Å². The maximum atomic E-state index is 12.5. The lowest BCUT2D eigenvalue weighted by Gasteiger charge is -2.22. The molecule has 0 aromatic heterocycles. The van der Waals surface area contributed by atoms with E-state index >= 15 is 0 Å². The van der Waals surface area contributed by atoms with Crippen LogP contribution in [-0.4, -0.2) is 38.0 Å². The molecule has 180 valence electrons. The summed E-state index contributed by atoms with van der Waals surface area (Å²) >= 11 is 2.40. The van der Waals surface area contributed by atoms with E-state index in [9.17, 15) is 52.7 Å². The molecule has 0 aromatic rings. The summed E-state index contributed by atoms with van der Waals surface area (Å²) in [5.74, 6) is 0. The SMILES string of the molecule is C=C.C=CC(C)(F)C(F)(F)F.CC(F)(CCI)C(F)(F)F.CC(F)(I)C(F)(F)F.[2HH]. The van der Waals surface area contributed by atoms with Gasteiger partial charge in [-0.2, -0.15) is 39.5 Å². The van der Waals surface area contributed by atoms with Gasteiger partial charge in [0.15, 0.2) is 0 Å². The standard InChI is InChI=1S/C5H7F4I.C5H6F4.C3H3F4I.C2H4.H2/c1-4(6,2-3-10)5(7,8)9;1-3-4(2,6)5(7,8)9;1-2(4,8)3(5,6)7;1-2;/h2-3H2,1H3;3H,1H2,2H3;1H3;1-2H2;1H/i;;;;1+1. The molecule has 3 atom stereocenters. The van der Waals surface area contributed by atoms with Gasteiger partial charge in [0.25, 0.3) is 3.68 Å². The maximum Gasteiger partial charge on any atom is 0.431 e. The summed E-state index contributed by atoms with van der Waals surface area (Å²) in [7, 11) is 0. The molecule has 0 bridgehead atoms. The van der Waals surface area contributed by atoms with Crippen LogP contribution in [0.3, 0.4) is 0 Å². The summed E-state index contributed by atoms with van der Waals surface area (Å²) in [5, 5.41) is 0. The van der Waals surface area contributed by atoms with Gasteiger partial charge in [-0.05, 0) is 55.9 Å². The molecule has 0 heterocycles. The van der Waals surface area contributed by atoms with Crippen LogP contribution in [0.1, 0.15) is 28.6 Å². The second kappa shape index (κ2) is 13.5. The lowest BCUT2D eigenvalue weighted by Crippen LogP contribution is -2.37. The van der Waals surface area contributed by atoms with Gasteiger partial charge in [-0.1, -0.05) is 29.2 Å². The molecule has 0 N–H and O–H groups in total. The summed E-state index contributed by atoms with van der Waals surface area (Å²) in [6, 6.07) is 0. The van der Waals surface area contributed by atoms with Crippen molar-refractivity contribution in [3.05, 3.63) is 25.8 Å². The molecule has 14 heteroatoms. The van der Waals surface area contributed by atoms with Gasteiger partial charge in [0.1, 0.15) is 0 Å². The van der Waals surface area contributed by atoms with Gasteiger partial charge in [0, 0.05) is 5.85 Å². The largest absolute Gasteiger partial charge is 0.431 e. The second-order valence-corrected chi connectivity index (χ2v) is 8.40. The van der Waals surface area contributed by atoms with Crippen LogP contribution < -0.4 is 0 Å². The normalized spacial score (nSPS) is 18.0. The third kappa shape index (κ3) is 16.5.